The van der Waals surface area contributed by atoms with Gasteiger partial charge in [0.25, 0.3) is 0 Å². The number of carbonyl (C=O) groups is 2. The van der Waals surface area contributed by atoms with Crippen LogP contribution in [0.5, 0.6) is 0 Å². The van der Waals surface area contributed by atoms with Crippen molar-refractivity contribution in [3.05, 3.63) is 0 Å². The van der Waals surface area contributed by atoms with E-state index in [0.717, 1.165) is 19.3 Å². The van der Waals surface area contributed by atoms with Crippen LogP contribution in [0.3, 0.4) is 0 Å². The van der Waals surface area contributed by atoms with Crippen LogP contribution < -0.4 is 16.4 Å². The summed E-state index contributed by atoms with van der Waals surface area (Å²) >= 11 is 0. The van der Waals surface area contributed by atoms with E-state index >= 15 is 0 Å². The van der Waals surface area contributed by atoms with Gasteiger partial charge in [-0.1, -0.05) is 47.5 Å². The third-order valence-electron chi connectivity index (χ3n) is 5.93. The zero-order valence-corrected chi connectivity index (χ0v) is 17.0. The van der Waals surface area contributed by atoms with Gasteiger partial charge in [0.15, 0.2) is 0 Å². The second-order valence-corrected chi connectivity index (χ2v) is 8.47. The van der Waals surface area contributed by atoms with Crippen LogP contribution in [-0.2, 0) is 9.59 Å². The van der Waals surface area contributed by atoms with E-state index in [1.807, 2.05) is 0 Å². The number of nitrogens with one attached hydrogen (secondary N) is 2. The highest BCUT2D eigenvalue weighted by Gasteiger charge is 2.35. The molecule has 5 heteroatoms. The average Bonchev–Trinajstić information content (AvgIpc) is 2.56. The van der Waals surface area contributed by atoms with Crippen molar-refractivity contribution in [3.8, 4) is 0 Å². The molecule has 0 aromatic carbocycles. The summed E-state index contributed by atoms with van der Waals surface area (Å²) in [5.74, 6) is 1.94. The van der Waals surface area contributed by atoms with E-state index < -0.39 is 6.04 Å². The van der Waals surface area contributed by atoms with Crippen molar-refractivity contribution in [1.82, 2.24) is 10.6 Å². The Bertz CT molecular complexity index is 437. The van der Waals surface area contributed by atoms with Crippen molar-refractivity contribution in [2.24, 2.45) is 35.3 Å². The molecule has 0 heterocycles. The molecule has 5 nitrogen and oxygen atoms in total. The van der Waals surface area contributed by atoms with E-state index in [1.165, 1.54) is 6.42 Å². The standard InChI is InChI=1S/C20H39N3O2/c1-7-14(5)18(23-19(24)15(6)21)11-22-20(25)17-10-13(4)8-9-16(17)12(2)3/h12-18H,7-11,21H2,1-6H3,(H,22,25)(H,23,24)/t13-,14?,15-,16+,17-,18-/m1/s1. The fourth-order valence-corrected chi connectivity index (χ4v) is 3.84. The van der Waals surface area contributed by atoms with Crippen molar-refractivity contribution in [2.45, 2.75) is 79.3 Å². The van der Waals surface area contributed by atoms with Crippen LogP contribution >= 0.6 is 0 Å². The summed E-state index contributed by atoms with van der Waals surface area (Å²) in [6.07, 6.45) is 4.25. The maximum absolute atomic E-state index is 12.8. The monoisotopic (exact) mass is 353 g/mol. The third kappa shape index (κ3) is 6.61. The number of nitrogens with two attached hydrogens (primary N) is 1. The second-order valence-electron chi connectivity index (χ2n) is 8.47. The van der Waals surface area contributed by atoms with Gasteiger partial charge in [0.2, 0.25) is 11.8 Å². The van der Waals surface area contributed by atoms with Crippen molar-refractivity contribution in [2.75, 3.05) is 6.54 Å². The fraction of sp³-hybridized carbons (Fsp3) is 0.900. The lowest BCUT2D eigenvalue weighted by molar-refractivity contribution is -0.130. The molecule has 1 aliphatic rings. The minimum atomic E-state index is -0.535. The summed E-state index contributed by atoms with van der Waals surface area (Å²) < 4.78 is 0. The van der Waals surface area contributed by atoms with Crippen LogP contribution in [-0.4, -0.2) is 30.4 Å². The Kier molecular flexibility index (Phi) is 8.91. The molecular weight excluding hydrogens is 314 g/mol. The predicted octanol–water partition coefficient (Wildman–Crippen LogP) is 2.69. The fourth-order valence-electron chi connectivity index (χ4n) is 3.84. The summed E-state index contributed by atoms with van der Waals surface area (Å²) in [6, 6.07) is -0.613. The first-order valence-electron chi connectivity index (χ1n) is 10.0. The van der Waals surface area contributed by atoms with Gasteiger partial charge in [-0.3, -0.25) is 9.59 Å². The minimum absolute atomic E-state index is 0.0778. The lowest BCUT2D eigenvalue weighted by Gasteiger charge is -2.37. The lowest BCUT2D eigenvalue weighted by atomic mass is 9.70. The number of carbonyl (C=O) groups excluding carboxylic acids is 2. The van der Waals surface area contributed by atoms with Crippen LogP contribution in [0, 0.1) is 29.6 Å². The molecule has 25 heavy (non-hydrogen) atoms. The Balaban J connectivity index is 2.69. The average molecular weight is 354 g/mol. The quantitative estimate of drug-likeness (QED) is 0.627. The summed E-state index contributed by atoms with van der Waals surface area (Å²) in [6.45, 7) is 13.0. The van der Waals surface area contributed by atoms with Gasteiger partial charge in [-0.15, -0.1) is 0 Å². The maximum Gasteiger partial charge on any atom is 0.236 e. The van der Waals surface area contributed by atoms with Crippen molar-refractivity contribution in [1.29, 1.82) is 0 Å². The number of hydrogen-bond acceptors (Lipinski definition) is 3. The van der Waals surface area contributed by atoms with Gasteiger partial charge in [0.05, 0.1) is 6.04 Å². The van der Waals surface area contributed by atoms with Gasteiger partial charge in [-0.25, -0.2) is 0 Å². The molecule has 0 aromatic rings. The molecule has 0 bridgehead atoms. The molecule has 0 saturated heterocycles. The molecule has 1 aliphatic carbocycles. The highest BCUT2D eigenvalue weighted by Crippen LogP contribution is 2.38. The van der Waals surface area contributed by atoms with Gasteiger partial charge in [-0.2, -0.15) is 0 Å². The van der Waals surface area contributed by atoms with Gasteiger partial charge < -0.3 is 16.4 Å². The Morgan fingerprint density at radius 2 is 1.80 bits per heavy atom. The van der Waals surface area contributed by atoms with Crippen molar-refractivity contribution in [3.63, 3.8) is 0 Å². The van der Waals surface area contributed by atoms with Crippen LogP contribution in [0.15, 0.2) is 0 Å². The van der Waals surface area contributed by atoms with E-state index in [9.17, 15) is 9.59 Å². The Labute approximate surface area is 153 Å². The molecule has 1 fully saturated rings. The summed E-state index contributed by atoms with van der Waals surface area (Å²) in [4.78, 5) is 24.8. The highest BCUT2D eigenvalue weighted by molar-refractivity contribution is 5.82. The second kappa shape index (κ2) is 10.1. The first kappa shape index (κ1) is 21.9. The van der Waals surface area contributed by atoms with E-state index in [0.29, 0.717) is 24.3 Å². The number of rotatable bonds is 8. The predicted molar refractivity (Wildman–Crippen MR) is 103 cm³/mol. The molecule has 0 aliphatic heterocycles. The molecule has 0 aromatic heterocycles. The smallest absolute Gasteiger partial charge is 0.236 e. The van der Waals surface area contributed by atoms with E-state index in [4.69, 9.17) is 5.73 Å². The normalized spacial score (nSPS) is 27.4. The first-order chi connectivity index (χ1) is 11.7. The van der Waals surface area contributed by atoms with Crippen LogP contribution in [0.2, 0.25) is 0 Å². The molecular formula is C20H39N3O2. The van der Waals surface area contributed by atoms with E-state index in [2.05, 4.69) is 45.3 Å². The van der Waals surface area contributed by atoms with Crippen LogP contribution in [0.25, 0.3) is 0 Å². The minimum Gasteiger partial charge on any atom is -0.354 e. The van der Waals surface area contributed by atoms with Crippen molar-refractivity contribution < 1.29 is 9.59 Å². The number of hydrogen-bond donors (Lipinski definition) is 3. The Hall–Kier alpha value is -1.10. The molecule has 0 spiro atoms. The molecule has 2 amide bonds. The Morgan fingerprint density at radius 1 is 1.16 bits per heavy atom. The van der Waals surface area contributed by atoms with Crippen molar-refractivity contribution >= 4 is 11.8 Å². The Morgan fingerprint density at radius 3 is 2.32 bits per heavy atom. The van der Waals surface area contributed by atoms with E-state index in [1.54, 1.807) is 6.92 Å². The molecule has 1 saturated carbocycles. The summed E-state index contributed by atoms with van der Waals surface area (Å²) in [5, 5.41) is 6.11. The summed E-state index contributed by atoms with van der Waals surface area (Å²) in [7, 11) is 0. The third-order valence-corrected chi connectivity index (χ3v) is 5.93. The maximum atomic E-state index is 12.8. The molecule has 1 unspecified atom stereocenters. The molecule has 0 radical (unpaired) electrons. The van der Waals surface area contributed by atoms with E-state index in [-0.39, 0.29) is 29.7 Å². The largest absolute Gasteiger partial charge is 0.354 e. The molecule has 4 N–H and O–H groups in total. The van der Waals surface area contributed by atoms with Gasteiger partial charge in [-0.05, 0) is 43.4 Å². The van der Waals surface area contributed by atoms with Crippen LogP contribution in [0.1, 0.15) is 67.2 Å². The number of amides is 2. The first-order valence-corrected chi connectivity index (χ1v) is 10.0. The topological polar surface area (TPSA) is 84.2 Å². The molecule has 6 atom stereocenters. The molecule has 1 rings (SSSR count). The van der Waals surface area contributed by atoms with Crippen LogP contribution in [0.4, 0.5) is 0 Å². The van der Waals surface area contributed by atoms with Gasteiger partial charge >= 0.3 is 0 Å². The zero-order valence-electron chi connectivity index (χ0n) is 17.0. The SMILES string of the molecule is CCC(C)[C@@H](CNC(=O)[C@@H]1C[C@H](C)CC[C@H]1C(C)C)NC(=O)[C@@H](C)N. The van der Waals surface area contributed by atoms with Gasteiger partial charge in [0.1, 0.15) is 0 Å². The highest BCUT2D eigenvalue weighted by atomic mass is 16.2. The zero-order chi connectivity index (χ0) is 19.1. The molecule has 146 valence electrons. The lowest BCUT2D eigenvalue weighted by Crippen LogP contribution is -2.52. The van der Waals surface area contributed by atoms with Gasteiger partial charge in [0, 0.05) is 18.5 Å². The summed E-state index contributed by atoms with van der Waals surface area (Å²) in [5.41, 5.74) is 5.67.